The number of aliphatic hydroxyl groups excluding tert-OH is 5. The topological polar surface area (TPSA) is 158 Å². The number of carbonyl (C=O) groups excluding carboxylic acids is 1. The van der Waals surface area contributed by atoms with E-state index in [1.54, 1.807) is 0 Å². The van der Waals surface area contributed by atoms with Gasteiger partial charge in [0, 0.05) is 30.9 Å². The molecule has 29 heavy (non-hydrogen) atoms. The Morgan fingerprint density at radius 2 is 1.31 bits per heavy atom. The lowest BCUT2D eigenvalue weighted by Crippen LogP contribution is -2.52. The van der Waals surface area contributed by atoms with Crippen molar-refractivity contribution in [1.29, 1.82) is 0 Å². The minimum atomic E-state index is -3.01. The third-order valence-corrected chi connectivity index (χ3v) is 7.19. The largest absolute Gasteiger partial charge is 0.501 e. The Morgan fingerprint density at radius 3 is 1.69 bits per heavy atom. The molecule has 0 aliphatic heterocycles. The fraction of sp³-hybridized carbons (Fsp3) is 0.944. The summed E-state index contributed by atoms with van der Waals surface area (Å²) < 4.78 is 18.1. The highest BCUT2D eigenvalue weighted by atomic mass is 28.4. The normalized spacial score (nSPS) is 16.9. The lowest BCUT2D eigenvalue weighted by Gasteiger charge is -2.34. The van der Waals surface area contributed by atoms with E-state index in [2.05, 4.69) is 5.32 Å². The van der Waals surface area contributed by atoms with Gasteiger partial charge in [-0.05, 0) is 48.0 Å². The molecule has 0 spiro atoms. The summed E-state index contributed by atoms with van der Waals surface area (Å²) in [6.45, 7) is 10.7. The van der Waals surface area contributed by atoms with E-state index in [4.69, 9.17) is 18.4 Å². The lowest BCUT2D eigenvalue weighted by atomic mass is 10.0. The molecule has 0 bridgehead atoms. The molecule has 10 nitrogen and oxygen atoms in total. The number of rotatable bonds is 15. The second-order valence-electron chi connectivity index (χ2n) is 7.75. The molecule has 0 unspecified atom stereocenters. The molecule has 0 aliphatic rings. The molecule has 0 aromatic carbocycles. The molecule has 0 aliphatic carbocycles. The molecule has 0 radical (unpaired) electrons. The average Bonchev–Trinajstić information content (AvgIpc) is 2.60. The molecule has 0 aromatic rings. The Labute approximate surface area is 174 Å². The molecule has 0 heterocycles. The van der Waals surface area contributed by atoms with E-state index in [0.29, 0.717) is 12.5 Å². The summed E-state index contributed by atoms with van der Waals surface area (Å²) in [5, 5.41) is 49.7. The molecule has 0 rings (SSSR count). The number of hydrogen-bond acceptors (Lipinski definition) is 9. The average molecular weight is 442 g/mol. The maximum atomic E-state index is 12.0. The minimum Gasteiger partial charge on any atom is -0.394 e. The fourth-order valence-electron chi connectivity index (χ4n) is 2.64. The Balaban J connectivity index is 4.82. The van der Waals surface area contributed by atoms with E-state index < -0.39 is 45.7 Å². The van der Waals surface area contributed by atoms with Gasteiger partial charge in [-0.1, -0.05) is 0 Å². The number of amides is 1. The maximum absolute atomic E-state index is 12.0. The monoisotopic (exact) mass is 441 g/mol. The van der Waals surface area contributed by atoms with Crippen LogP contribution in [-0.2, 0) is 18.1 Å². The van der Waals surface area contributed by atoms with Crippen molar-refractivity contribution in [3.63, 3.8) is 0 Å². The molecule has 0 aromatic heterocycles. The van der Waals surface area contributed by atoms with Gasteiger partial charge in [-0.25, -0.2) is 0 Å². The highest BCUT2D eigenvalue weighted by Gasteiger charge is 2.43. The van der Waals surface area contributed by atoms with Gasteiger partial charge in [-0.3, -0.25) is 4.79 Å². The minimum absolute atomic E-state index is 0.106. The van der Waals surface area contributed by atoms with E-state index in [-0.39, 0.29) is 24.9 Å². The van der Waals surface area contributed by atoms with E-state index in [1.807, 2.05) is 41.5 Å². The molecule has 4 atom stereocenters. The smallest absolute Gasteiger partial charge is 0.394 e. The standard InChI is InChI=1S/C18H39NO9Si/c1-11(2)26-29(27-12(3)4,28-13(5)6)9-7-8-19-18(25)17(24)16(23)15(22)14(21)10-20/h11-17,20-24H,7-10H2,1-6H3,(H,19,25)/t14-,15-,16+,17-/m1/s1. The molecule has 0 fully saturated rings. The van der Waals surface area contributed by atoms with Gasteiger partial charge >= 0.3 is 8.80 Å². The zero-order valence-electron chi connectivity index (χ0n) is 18.2. The fourth-order valence-corrected chi connectivity index (χ4v) is 5.92. The molecular weight excluding hydrogens is 402 g/mol. The lowest BCUT2D eigenvalue weighted by molar-refractivity contribution is -0.148. The maximum Gasteiger partial charge on any atom is 0.501 e. The Morgan fingerprint density at radius 1 is 0.862 bits per heavy atom. The van der Waals surface area contributed by atoms with Crippen LogP contribution < -0.4 is 5.32 Å². The predicted molar refractivity (Wildman–Crippen MR) is 108 cm³/mol. The molecule has 0 saturated heterocycles. The van der Waals surface area contributed by atoms with Crippen LogP contribution in [-0.4, -0.2) is 96.1 Å². The number of aliphatic hydroxyl groups is 5. The second kappa shape index (κ2) is 13.6. The molecule has 174 valence electrons. The van der Waals surface area contributed by atoms with Gasteiger partial charge in [0.25, 0.3) is 5.91 Å². The van der Waals surface area contributed by atoms with Crippen molar-refractivity contribution in [1.82, 2.24) is 5.32 Å². The highest BCUT2D eigenvalue weighted by Crippen LogP contribution is 2.23. The highest BCUT2D eigenvalue weighted by molar-refractivity contribution is 6.60. The second-order valence-corrected chi connectivity index (χ2v) is 10.3. The third kappa shape index (κ3) is 10.8. The number of carbonyl (C=O) groups is 1. The molecule has 11 heteroatoms. The molecular formula is C18H39NO9Si. The first-order valence-electron chi connectivity index (χ1n) is 9.99. The summed E-state index contributed by atoms with van der Waals surface area (Å²) in [5.41, 5.74) is 0. The van der Waals surface area contributed by atoms with Crippen molar-refractivity contribution in [2.75, 3.05) is 13.2 Å². The Kier molecular flexibility index (Phi) is 13.3. The van der Waals surface area contributed by atoms with Gasteiger partial charge in [0.2, 0.25) is 0 Å². The van der Waals surface area contributed by atoms with Crippen LogP contribution >= 0.6 is 0 Å². The van der Waals surface area contributed by atoms with Gasteiger partial charge in [-0.2, -0.15) is 0 Å². The van der Waals surface area contributed by atoms with Crippen molar-refractivity contribution in [2.45, 2.75) is 96.7 Å². The van der Waals surface area contributed by atoms with Crippen molar-refractivity contribution >= 4 is 14.7 Å². The van der Waals surface area contributed by atoms with Crippen molar-refractivity contribution in [3.8, 4) is 0 Å². The van der Waals surface area contributed by atoms with Gasteiger partial charge in [0.15, 0.2) is 6.10 Å². The van der Waals surface area contributed by atoms with Crippen molar-refractivity contribution in [2.24, 2.45) is 0 Å². The predicted octanol–water partition coefficient (Wildman–Crippen LogP) is -0.857. The summed E-state index contributed by atoms with van der Waals surface area (Å²) in [6.07, 6.45) is -7.31. The summed E-state index contributed by atoms with van der Waals surface area (Å²) in [7, 11) is -3.01. The van der Waals surface area contributed by atoms with Crippen molar-refractivity contribution in [3.05, 3.63) is 0 Å². The first-order chi connectivity index (χ1) is 13.3. The van der Waals surface area contributed by atoms with Crippen LogP contribution in [0.4, 0.5) is 0 Å². The zero-order valence-corrected chi connectivity index (χ0v) is 19.2. The van der Waals surface area contributed by atoms with Gasteiger partial charge in [-0.15, -0.1) is 0 Å². The Hall–Kier alpha value is -0.633. The van der Waals surface area contributed by atoms with Gasteiger partial charge in [0.05, 0.1) is 6.61 Å². The first-order valence-corrected chi connectivity index (χ1v) is 11.9. The van der Waals surface area contributed by atoms with Crippen LogP contribution in [0.1, 0.15) is 48.0 Å². The van der Waals surface area contributed by atoms with E-state index in [0.717, 1.165) is 0 Å². The third-order valence-electron chi connectivity index (χ3n) is 3.73. The van der Waals surface area contributed by atoms with Crippen LogP contribution in [0.2, 0.25) is 6.04 Å². The molecule has 1 amide bonds. The van der Waals surface area contributed by atoms with Gasteiger partial charge in [0.1, 0.15) is 18.3 Å². The molecule has 0 saturated carbocycles. The summed E-state index contributed by atoms with van der Waals surface area (Å²) in [4.78, 5) is 12.0. The Bertz CT molecular complexity index is 438. The number of nitrogens with one attached hydrogen (secondary N) is 1. The first kappa shape index (κ1) is 28.4. The van der Waals surface area contributed by atoms with Crippen LogP contribution in [0.25, 0.3) is 0 Å². The summed E-state index contributed by atoms with van der Waals surface area (Å²) in [6, 6.07) is 0.437. The SMILES string of the molecule is CC(C)O[Si](CCCNC(=O)[C@H](O)[C@@H](O)[C@H](O)[C@H](O)CO)(OC(C)C)OC(C)C. The van der Waals surface area contributed by atoms with Crippen molar-refractivity contribution < 1.29 is 43.6 Å². The summed E-state index contributed by atoms with van der Waals surface area (Å²) in [5.74, 6) is -0.909. The zero-order chi connectivity index (χ0) is 22.8. The quantitative estimate of drug-likeness (QED) is 0.140. The van der Waals surface area contributed by atoms with Crippen LogP contribution in [0, 0.1) is 0 Å². The van der Waals surface area contributed by atoms with Gasteiger partial charge < -0.3 is 44.1 Å². The van der Waals surface area contributed by atoms with Crippen LogP contribution in [0.15, 0.2) is 0 Å². The summed E-state index contributed by atoms with van der Waals surface area (Å²) >= 11 is 0. The molecule has 6 N–H and O–H groups in total. The van der Waals surface area contributed by atoms with E-state index in [1.165, 1.54) is 0 Å². The number of hydrogen-bond donors (Lipinski definition) is 6. The van der Waals surface area contributed by atoms with Crippen LogP contribution in [0.3, 0.4) is 0 Å². The van der Waals surface area contributed by atoms with E-state index in [9.17, 15) is 25.2 Å². The van der Waals surface area contributed by atoms with E-state index >= 15 is 0 Å². The van der Waals surface area contributed by atoms with Crippen LogP contribution in [0.5, 0.6) is 0 Å².